The number of nitrogens with one attached hydrogen (secondary N) is 2. The molecule has 0 fully saturated rings. The number of rotatable bonds is 4. The van der Waals surface area contributed by atoms with E-state index in [2.05, 4.69) is 29.7 Å². The van der Waals surface area contributed by atoms with Gasteiger partial charge in [0, 0.05) is 12.2 Å². The summed E-state index contributed by atoms with van der Waals surface area (Å²) in [7, 11) is 0. The predicted octanol–water partition coefficient (Wildman–Crippen LogP) is 1.72. The van der Waals surface area contributed by atoms with E-state index in [-0.39, 0.29) is 0 Å². The zero-order valence-electron chi connectivity index (χ0n) is 10.1. The van der Waals surface area contributed by atoms with Crippen molar-refractivity contribution in [2.75, 3.05) is 12.3 Å². The van der Waals surface area contributed by atoms with Crippen molar-refractivity contribution in [2.24, 2.45) is 11.0 Å². The lowest BCUT2D eigenvalue weighted by Crippen LogP contribution is -2.34. The second-order valence-electron chi connectivity index (χ2n) is 4.14. The molecule has 1 aromatic rings. The highest BCUT2D eigenvalue weighted by Gasteiger charge is 1.95. The van der Waals surface area contributed by atoms with Crippen LogP contribution < -0.4 is 16.5 Å². The van der Waals surface area contributed by atoms with Crippen molar-refractivity contribution in [3.63, 3.8) is 0 Å². The van der Waals surface area contributed by atoms with Gasteiger partial charge in [-0.1, -0.05) is 26.0 Å². The third kappa shape index (κ3) is 5.87. The maximum atomic E-state index is 5.58. The first kappa shape index (κ1) is 13.4. The van der Waals surface area contributed by atoms with E-state index in [1.807, 2.05) is 24.3 Å². The lowest BCUT2D eigenvalue weighted by atomic mass is 10.2. The highest BCUT2D eigenvalue weighted by molar-refractivity contribution is 7.80. The van der Waals surface area contributed by atoms with E-state index < -0.39 is 0 Å². The Morgan fingerprint density at radius 3 is 2.65 bits per heavy atom. The zero-order chi connectivity index (χ0) is 12.7. The van der Waals surface area contributed by atoms with Gasteiger partial charge >= 0.3 is 0 Å². The standard InChI is InChI=1S/C12H18N4S/c1-9(2)7-14-12(17)16-15-8-10-3-5-11(13)6-4-10/h3-6,8-9H,7,13H2,1-2H3,(H2,14,16,17). The first-order valence-corrected chi connectivity index (χ1v) is 5.91. The van der Waals surface area contributed by atoms with Gasteiger partial charge in [0.2, 0.25) is 0 Å². The van der Waals surface area contributed by atoms with Gasteiger partial charge in [-0.2, -0.15) is 5.10 Å². The number of nitrogen functional groups attached to an aromatic ring is 1. The summed E-state index contributed by atoms with van der Waals surface area (Å²) in [5.74, 6) is 0.552. The molecule has 0 spiro atoms. The molecule has 17 heavy (non-hydrogen) atoms. The number of anilines is 1. The van der Waals surface area contributed by atoms with Gasteiger partial charge < -0.3 is 11.1 Å². The molecule has 0 aliphatic rings. The Hall–Kier alpha value is -1.62. The Balaban J connectivity index is 2.34. The van der Waals surface area contributed by atoms with Gasteiger partial charge in [0.15, 0.2) is 5.11 Å². The summed E-state index contributed by atoms with van der Waals surface area (Å²) in [5, 5.41) is 7.63. The lowest BCUT2D eigenvalue weighted by Gasteiger charge is -2.08. The highest BCUT2D eigenvalue weighted by Crippen LogP contribution is 2.02. The van der Waals surface area contributed by atoms with E-state index in [4.69, 9.17) is 18.0 Å². The summed E-state index contributed by atoms with van der Waals surface area (Å²) in [6, 6.07) is 7.45. The molecule has 0 aliphatic carbocycles. The van der Waals surface area contributed by atoms with Gasteiger partial charge in [0.05, 0.1) is 6.21 Å². The molecule has 1 rings (SSSR count). The van der Waals surface area contributed by atoms with E-state index in [0.29, 0.717) is 11.0 Å². The summed E-state index contributed by atoms with van der Waals surface area (Å²) in [6.45, 7) is 5.07. The largest absolute Gasteiger partial charge is 0.399 e. The van der Waals surface area contributed by atoms with Crippen LogP contribution in [0.25, 0.3) is 0 Å². The summed E-state index contributed by atoms with van der Waals surface area (Å²) < 4.78 is 0. The van der Waals surface area contributed by atoms with Crippen molar-refractivity contribution in [3.05, 3.63) is 29.8 Å². The Morgan fingerprint density at radius 1 is 1.41 bits per heavy atom. The summed E-state index contributed by atoms with van der Waals surface area (Å²) in [4.78, 5) is 0. The van der Waals surface area contributed by atoms with Crippen molar-refractivity contribution in [3.8, 4) is 0 Å². The number of thiocarbonyl (C=S) groups is 1. The summed E-state index contributed by atoms with van der Waals surface area (Å²) in [6.07, 6.45) is 1.70. The Kier molecular flexibility index (Phi) is 5.42. The fraction of sp³-hybridized carbons (Fsp3) is 0.333. The molecule has 0 heterocycles. The van der Waals surface area contributed by atoms with Crippen molar-refractivity contribution in [1.82, 2.24) is 10.7 Å². The van der Waals surface area contributed by atoms with Gasteiger partial charge in [0.25, 0.3) is 0 Å². The molecule has 1 aromatic carbocycles. The number of benzene rings is 1. The number of nitrogens with zero attached hydrogens (tertiary/aromatic N) is 1. The maximum absolute atomic E-state index is 5.58. The van der Waals surface area contributed by atoms with Gasteiger partial charge in [-0.25, -0.2) is 0 Å². The molecule has 4 N–H and O–H groups in total. The SMILES string of the molecule is CC(C)CNC(=S)NN=Cc1ccc(N)cc1. The number of hydrogen-bond acceptors (Lipinski definition) is 3. The maximum Gasteiger partial charge on any atom is 0.186 e. The van der Waals surface area contributed by atoms with Crippen LogP contribution in [0.5, 0.6) is 0 Å². The van der Waals surface area contributed by atoms with Crippen LogP contribution in [0, 0.1) is 5.92 Å². The van der Waals surface area contributed by atoms with E-state index in [1.54, 1.807) is 6.21 Å². The first-order chi connectivity index (χ1) is 8.08. The monoisotopic (exact) mass is 250 g/mol. The summed E-state index contributed by atoms with van der Waals surface area (Å²) >= 11 is 5.05. The second-order valence-corrected chi connectivity index (χ2v) is 4.55. The quantitative estimate of drug-likeness (QED) is 0.329. The number of nitrogens with two attached hydrogens (primary N) is 1. The van der Waals surface area contributed by atoms with Gasteiger partial charge in [-0.3, -0.25) is 5.43 Å². The third-order valence-corrected chi connectivity index (χ3v) is 2.22. The fourth-order valence-electron chi connectivity index (χ4n) is 1.08. The Morgan fingerprint density at radius 2 is 2.06 bits per heavy atom. The average molecular weight is 250 g/mol. The van der Waals surface area contributed by atoms with Crippen LogP contribution in [0.3, 0.4) is 0 Å². The van der Waals surface area contributed by atoms with Crippen LogP contribution in [0.2, 0.25) is 0 Å². The zero-order valence-corrected chi connectivity index (χ0v) is 10.9. The van der Waals surface area contributed by atoms with E-state index in [9.17, 15) is 0 Å². The number of hydrazone groups is 1. The van der Waals surface area contributed by atoms with Crippen LogP contribution in [0.15, 0.2) is 29.4 Å². The Labute approximate surface area is 107 Å². The molecule has 0 amide bonds. The topological polar surface area (TPSA) is 62.4 Å². The van der Waals surface area contributed by atoms with Crippen molar-refractivity contribution in [1.29, 1.82) is 0 Å². The van der Waals surface area contributed by atoms with E-state index in [0.717, 1.165) is 17.8 Å². The molecule has 0 aromatic heterocycles. The van der Waals surface area contributed by atoms with Crippen molar-refractivity contribution < 1.29 is 0 Å². The molecular weight excluding hydrogens is 232 g/mol. The molecule has 4 nitrogen and oxygen atoms in total. The highest BCUT2D eigenvalue weighted by atomic mass is 32.1. The van der Waals surface area contributed by atoms with Crippen LogP contribution in [0.1, 0.15) is 19.4 Å². The summed E-state index contributed by atoms with van der Waals surface area (Å²) in [5.41, 5.74) is 10.1. The molecule has 0 unspecified atom stereocenters. The average Bonchev–Trinajstić information content (AvgIpc) is 2.29. The third-order valence-electron chi connectivity index (χ3n) is 1.99. The minimum Gasteiger partial charge on any atom is -0.399 e. The molecule has 5 heteroatoms. The normalized spacial score (nSPS) is 10.8. The molecule has 0 saturated heterocycles. The molecule has 0 bridgehead atoms. The smallest absolute Gasteiger partial charge is 0.186 e. The molecule has 0 atom stereocenters. The second kappa shape index (κ2) is 6.85. The Bertz CT molecular complexity index is 384. The van der Waals surface area contributed by atoms with Crippen LogP contribution >= 0.6 is 12.2 Å². The van der Waals surface area contributed by atoms with Gasteiger partial charge in [-0.05, 0) is 35.8 Å². The van der Waals surface area contributed by atoms with Crippen LogP contribution in [-0.4, -0.2) is 17.9 Å². The molecule has 0 saturated carbocycles. The molecule has 0 aliphatic heterocycles. The van der Waals surface area contributed by atoms with Gasteiger partial charge in [-0.15, -0.1) is 0 Å². The molecular formula is C12H18N4S. The lowest BCUT2D eigenvalue weighted by molar-refractivity contribution is 0.621. The van der Waals surface area contributed by atoms with Crippen LogP contribution in [-0.2, 0) is 0 Å². The minimum atomic E-state index is 0.533. The number of hydrogen-bond donors (Lipinski definition) is 3. The minimum absolute atomic E-state index is 0.533. The van der Waals surface area contributed by atoms with Crippen molar-refractivity contribution >= 4 is 29.2 Å². The van der Waals surface area contributed by atoms with Crippen molar-refractivity contribution in [2.45, 2.75) is 13.8 Å². The van der Waals surface area contributed by atoms with Gasteiger partial charge in [0.1, 0.15) is 0 Å². The predicted molar refractivity (Wildman–Crippen MR) is 77.0 cm³/mol. The first-order valence-electron chi connectivity index (χ1n) is 5.50. The van der Waals surface area contributed by atoms with Crippen LogP contribution in [0.4, 0.5) is 5.69 Å². The molecule has 0 radical (unpaired) electrons. The van der Waals surface area contributed by atoms with E-state index >= 15 is 0 Å². The fourth-order valence-corrected chi connectivity index (χ4v) is 1.22. The van der Waals surface area contributed by atoms with E-state index in [1.165, 1.54) is 0 Å². The molecule has 92 valence electrons.